The number of benzene rings is 1. The number of pyridine rings is 1. The van der Waals surface area contributed by atoms with Crippen LogP contribution in [0, 0.1) is 0 Å². The van der Waals surface area contributed by atoms with E-state index < -0.39 is 11.7 Å². The number of Topliss-reactive ketones (excluding diaryl/α,β-unsaturated/α-hetero) is 1. The van der Waals surface area contributed by atoms with Crippen molar-refractivity contribution < 1.29 is 18.0 Å². The van der Waals surface area contributed by atoms with E-state index in [0.29, 0.717) is 34.1 Å². The maximum absolute atomic E-state index is 13.5. The Labute approximate surface area is 157 Å². The Morgan fingerprint density at radius 2 is 1.89 bits per heavy atom. The van der Waals surface area contributed by atoms with Gasteiger partial charge in [-0.15, -0.1) is 11.8 Å². The molecule has 0 amide bonds. The van der Waals surface area contributed by atoms with Crippen LogP contribution in [0.1, 0.15) is 21.6 Å². The van der Waals surface area contributed by atoms with Gasteiger partial charge in [-0.25, -0.2) is 0 Å². The molecule has 0 bridgehead atoms. The zero-order chi connectivity index (χ0) is 19.0. The van der Waals surface area contributed by atoms with E-state index in [2.05, 4.69) is 15.3 Å². The summed E-state index contributed by atoms with van der Waals surface area (Å²) in [6.07, 6.45) is -2.44. The smallest absolute Gasteiger partial charge is 0.355 e. The van der Waals surface area contributed by atoms with Crippen LogP contribution in [0.3, 0.4) is 0 Å². The van der Waals surface area contributed by atoms with Gasteiger partial charge in [0.2, 0.25) is 0 Å². The molecular weight excluding hydrogens is 375 g/mol. The van der Waals surface area contributed by atoms with Gasteiger partial charge in [0.25, 0.3) is 0 Å². The number of aromatic nitrogens is 2. The molecule has 0 unspecified atom stereocenters. The van der Waals surface area contributed by atoms with E-state index in [4.69, 9.17) is 0 Å². The van der Waals surface area contributed by atoms with Gasteiger partial charge in [0.05, 0.1) is 28.3 Å². The van der Waals surface area contributed by atoms with Crippen molar-refractivity contribution in [2.75, 3.05) is 11.1 Å². The zero-order valence-corrected chi connectivity index (χ0v) is 14.7. The molecule has 3 aromatic rings. The summed E-state index contributed by atoms with van der Waals surface area (Å²) in [6, 6.07) is 10.4. The molecule has 3 heterocycles. The molecule has 138 valence electrons. The fourth-order valence-electron chi connectivity index (χ4n) is 3.12. The largest absolute Gasteiger partial charge is 0.418 e. The van der Waals surface area contributed by atoms with Gasteiger partial charge in [0.1, 0.15) is 0 Å². The van der Waals surface area contributed by atoms with Crippen molar-refractivity contribution in [2.45, 2.75) is 11.9 Å². The summed E-state index contributed by atoms with van der Waals surface area (Å²) in [6.45, 7) is 0. The summed E-state index contributed by atoms with van der Waals surface area (Å²) in [5, 5.41) is 3.14. The van der Waals surface area contributed by atoms with E-state index in [9.17, 15) is 18.0 Å². The minimum absolute atomic E-state index is 0.0388. The number of ketones is 1. The average Bonchev–Trinajstić information content (AvgIpc) is 3.01. The van der Waals surface area contributed by atoms with Crippen LogP contribution in [-0.2, 0) is 11.9 Å². The maximum atomic E-state index is 13.5. The molecule has 0 spiro atoms. The standard InChI is InChI=1S/C19H14F3N3OS/c20-19(21,22)13-8-23-7-6-12(13)17-18(24-11-4-2-1-3-5-11)16-14(25-17)9-27-10-15(16)26/h1-8,24-25H,9-10H2. The molecule has 2 N–H and O–H groups in total. The lowest BCUT2D eigenvalue weighted by Crippen LogP contribution is -2.12. The second-order valence-corrected chi connectivity index (χ2v) is 7.04. The van der Waals surface area contributed by atoms with Crippen molar-refractivity contribution in [3.63, 3.8) is 0 Å². The number of carbonyl (C=O) groups excluding carboxylic acids is 1. The first-order valence-electron chi connectivity index (χ1n) is 8.14. The summed E-state index contributed by atoms with van der Waals surface area (Å²) in [5.41, 5.74) is 1.48. The highest BCUT2D eigenvalue weighted by Crippen LogP contribution is 2.43. The van der Waals surface area contributed by atoms with Gasteiger partial charge >= 0.3 is 6.18 Å². The number of thioether (sulfide) groups is 1. The van der Waals surface area contributed by atoms with Crippen LogP contribution in [0.5, 0.6) is 0 Å². The monoisotopic (exact) mass is 389 g/mol. The number of rotatable bonds is 3. The van der Waals surface area contributed by atoms with Crippen LogP contribution in [0.2, 0.25) is 0 Å². The number of carbonyl (C=O) groups is 1. The lowest BCUT2D eigenvalue weighted by molar-refractivity contribution is -0.137. The van der Waals surface area contributed by atoms with Crippen molar-refractivity contribution in [1.82, 2.24) is 9.97 Å². The van der Waals surface area contributed by atoms with E-state index in [1.807, 2.05) is 18.2 Å². The molecule has 1 aliphatic heterocycles. The molecule has 0 saturated carbocycles. The summed E-state index contributed by atoms with van der Waals surface area (Å²) >= 11 is 1.44. The highest BCUT2D eigenvalue weighted by Gasteiger charge is 2.36. The second kappa shape index (κ2) is 6.77. The fourth-order valence-corrected chi connectivity index (χ4v) is 3.97. The molecule has 2 aromatic heterocycles. The summed E-state index contributed by atoms with van der Waals surface area (Å²) < 4.78 is 40.5. The third-order valence-corrected chi connectivity index (χ3v) is 5.23. The van der Waals surface area contributed by atoms with Gasteiger partial charge in [-0.1, -0.05) is 18.2 Å². The summed E-state index contributed by atoms with van der Waals surface area (Å²) in [4.78, 5) is 19.2. The third kappa shape index (κ3) is 3.32. The van der Waals surface area contributed by atoms with Crippen molar-refractivity contribution >= 4 is 28.9 Å². The van der Waals surface area contributed by atoms with E-state index in [1.165, 1.54) is 24.0 Å². The van der Waals surface area contributed by atoms with Crippen LogP contribution in [-0.4, -0.2) is 21.5 Å². The van der Waals surface area contributed by atoms with E-state index in [-0.39, 0.29) is 17.0 Å². The molecule has 0 atom stereocenters. The minimum Gasteiger partial charge on any atom is -0.355 e. The molecule has 0 fully saturated rings. The molecule has 4 nitrogen and oxygen atoms in total. The lowest BCUT2D eigenvalue weighted by atomic mass is 10.0. The SMILES string of the molecule is O=C1CSCc2[nH]c(-c3ccncc3C(F)(F)F)c(Nc3ccccc3)c21. The molecular formula is C19H14F3N3OS. The van der Waals surface area contributed by atoms with Crippen molar-refractivity contribution in [2.24, 2.45) is 0 Å². The number of H-pyrrole nitrogens is 1. The Bertz CT molecular complexity index is 999. The van der Waals surface area contributed by atoms with E-state index >= 15 is 0 Å². The number of alkyl halides is 3. The first-order chi connectivity index (χ1) is 12.9. The molecule has 1 aromatic carbocycles. The Hall–Kier alpha value is -2.74. The third-order valence-electron chi connectivity index (χ3n) is 4.27. The van der Waals surface area contributed by atoms with Crippen molar-refractivity contribution in [1.29, 1.82) is 0 Å². The number of halogens is 3. The fraction of sp³-hybridized carbons (Fsp3) is 0.158. The van der Waals surface area contributed by atoms with Crippen LogP contribution in [0.25, 0.3) is 11.3 Å². The zero-order valence-electron chi connectivity index (χ0n) is 13.9. The summed E-state index contributed by atoms with van der Waals surface area (Å²) in [5.74, 6) is 0.734. The highest BCUT2D eigenvalue weighted by molar-refractivity contribution is 7.99. The van der Waals surface area contributed by atoms with Gasteiger partial charge in [0.15, 0.2) is 5.78 Å². The number of hydrogen-bond acceptors (Lipinski definition) is 4. The second-order valence-electron chi connectivity index (χ2n) is 6.05. The molecule has 0 radical (unpaired) electrons. The molecule has 27 heavy (non-hydrogen) atoms. The first-order valence-corrected chi connectivity index (χ1v) is 9.30. The van der Waals surface area contributed by atoms with E-state index in [1.54, 1.807) is 12.1 Å². The predicted molar refractivity (Wildman–Crippen MR) is 99.2 cm³/mol. The Morgan fingerprint density at radius 3 is 2.63 bits per heavy atom. The highest BCUT2D eigenvalue weighted by atomic mass is 32.2. The van der Waals surface area contributed by atoms with Crippen LogP contribution in [0.15, 0.2) is 48.8 Å². The quantitative estimate of drug-likeness (QED) is 0.641. The van der Waals surface area contributed by atoms with E-state index in [0.717, 1.165) is 6.20 Å². The van der Waals surface area contributed by atoms with Crippen LogP contribution in [0.4, 0.5) is 24.5 Å². The first kappa shape index (κ1) is 17.7. The number of para-hydroxylation sites is 1. The number of hydrogen-bond donors (Lipinski definition) is 2. The maximum Gasteiger partial charge on any atom is 0.418 e. The molecule has 8 heteroatoms. The normalized spacial score (nSPS) is 14.1. The molecule has 0 aliphatic carbocycles. The van der Waals surface area contributed by atoms with Gasteiger partial charge in [-0.2, -0.15) is 13.2 Å². The van der Waals surface area contributed by atoms with Gasteiger partial charge in [-0.3, -0.25) is 9.78 Å². The van der Waals surface area contributed by atoms with Crippen LogP contribution >= 0.6 is 11.8 Å². The van der Waals surface area contributed by atoms with Crippen molar-refractivity contribution in [3.8, 4) is 11.3 Å². The Balaban J connectivity index is 1.93. The van der Waals surface area contributed by atoms with Crippen LogP contribution < -0.4 is 5.32 Å². The Kier molecular flexibility index (Phi) is 4.43. The Morgan fingerprint density at radius 1 is 1.11 bits per heavy atom. The minimum atomic E-state index is -4.56. The lowest BCUT2D eigenvalue weighted by Gasteiger charge is -2.15. The van der Waals surface area contributed by atoms with Gasteiger partial charge in [0, 0.05) is 35.1 Å². The average molecular weight is 389 g/mol. The predicted octanol–water partition coefficient (Wildman–Crippen LogP) is 5.27. The molecule has 0 saturated heterocycles. The van der Waals surface area contributed by atoms with Gasteiger partial charge in [-0.05, 0) is 18.2 Å². The number of fused-ring (bicyclic) bond motifs is 1. The number of nitrogens with zero attached hydrogens (tertiary/aromatic N) is 1. The number of anilines is 2. The van der Waals surface area contributed by atoms with Crippen molar-refractivity contribution in [3.05, 3.63) is 65.6 Å². The number of nitrogens with one attached hydrogen (secondary N) is 2. The molecule has 1 aliphatic rings. The topological polar surface area (TPSA) is 57.8 Å². The van der Waals surface area contributed by atoms with Gasteiger partial charge < -0.3 is 10.3 Å². The number of aromatic amines is 1. The molecule has 4 rings (SSSR count). The summed E-state index contributed by atoms with van der Waals surface area (Å²) in [7, 11) is 0.